The lowest BCUT2D eigenvalue weighted by molar-refractivity contribution is -0.118. The van der Waals surface area contributed by atoms with Crippen LogP contribution in [0.2, 0.25) is 0 Å². The van der Waals surface area contributed by atoms with Crippen LogP contribution in [0.4, 0.5) is 11.4 Å². The maximum Gasteiger partial charge on any atom is 0.241 e. The van der Waals surface area contributed by atoms with Crippen LogP contribution in [-0.2, 0) is 9.59 Å². The molecule has 21 heavy (non-hydrogen) atoms. The van der Waals surface area contributed by atoms with E-state index in [1.54, 1.807) is 12.1 Å². The Bertz CT molecular complexity index is 512. The lowest BCUT2D eigenvalue weighted by Crippen LogP contribution is -2.39. The Hall–Kier alpha value is -1.88. The summed E-state index contributed by atoms with van der Waals surface area (Å²) in [7, 11) is 0. The van der Waals surface area contributed by atoms with Gasteiger partial charge in [0.25, 0.3) is 0 Å². The largest absolute Gasteiger partial charge is 0.326 e. The fourth-order valence-electron chi connectivity index (χ4n) is 1.87. The van der Waals surface area contributed by atoms with E-state index in [9.17, 15) is 9.59 Å². The zero-order chi connectivity index (χ0) is 16.0. The maximum atomic E-state index is 12.0. The number of hydrogen-bond acceptors (Lipinski definition) is 3. The number of carbonyl (C=O) groups is 2. The van der Waals surface area contributed by atoms with Crippen molar-refractivity contribution in [1.29, 1.82) is 0 Å². The van der Waals surface area contributed by atoms with Crippen LogP contribution in [0.15, 0.2) is 18.2 Å². The molecule has 0 saturated heterocycles. The van der Waals surface area contributed by atoms with Crippen LogP contribution in [0, 0.1) is 12.8 Å². The summed E-state index contributed by atoms with van der Waals surface area (Å²) in [5.74, 6) is -0.175. The summed E-state index contributed by atoms with van der Waals surface area (Å²) in [6.45, 7) is 7.62. The monoisotopic (exact) mass is 291 g/mol. The molecule has 5 heteroatoms. The van der Waals surface area contributed by atoms with E-state index < -0.39 is 6.04 Å². The molecule has 0 aliphatic carbocycles. The van der Waals surface area contributed by atoms with Gasteiger partial charge >= 0.3 is 0 Å². The molecule has 0 aliphatic heterocycles. The molecule has 116 valence electrons. The molecular weight excluding hydrogens is 266 g/mol. The lowest BCUT2D eigenvalue weighted by Gasteiger charge is -2.18. The van der Waals surface area contributed by atoms with Crippen molar-refractivity contribution in [3.8, 4) is 0 Å². The number of carbonyl (C=O) groups excluding carboxylic acids is 2. The van der Waals surface area contributed by atoms with Crippen molar-refractivity contribution in [3.63, 3.8) is 0 Å². The molecule has 0 spiro atoms. The third-order valence-corrected chi connectivity index (χ3v) is 3.36. The third-order valence-electron chi connectivity index (χ3n) is 3.36. The second-order valence-corrected chi connectivity index (χ2v) is 5.54. The first kappa shape index (κ1) is 17.2. The van der Waals surface area contributed by atoms with Gasteiger partial charge in [0.2, 0.25) is 11.8 Å². The van der Waals surface area contributed by atoms with E-state index in [0.717, 1.165) is 12.0 Å². The van der Waals surface area contributed by atoms with Crippen molar-refractivity contribution in [1.82, 2.24) is 0 Å². The number of nitrogens with two attached hydrogens (primary N) is 1. The standard InChI is InChI=1S/C16H25N3O2/c1-5-7-14(20)18-12-8-6-9-13(11(12)4)19-16(21)15(17)10(2)3/h6,8-10,15H,5,7,17H2,1-4H3,(H,18,20)(H,19,21)/t15-/m0/s1. The summed E-state index contributed by atoms with van der Waals surface area (Å²) in [6, 6.07) is 4.87. The number of nitrogens with one attached hydrogen (secondary N) is 2. The van der Waals surface area contributed by atoms with Crippen LogP contribution in [0.5, 0.6) is 0 Å². The Morgan fingerprint density at radius 3 is 2.29 bits per heavy atom. The van der Waals surface area contributed by atoms with Gasteiger partial charge in [-0.25, -0.2) is 0 Å². The summed E-state index contributed by atoms with van der Waals surface area (Å²) in [4.78, 5) is 23.7. The molecule has 1 aromatic rings. The van der Waals surface area contributed by atoms with Crippen LogP contribution < -0.4 is 16.4 Å². The lowest BCUT2D eigenvalue weighted by atomic mass is 10.0. The molecule has 1 aromatic carbocycles. The first-order valence-electron chi connectivity index (χ1n) is 7.32. The molecule has 1 atom stereocenters. The molecule has 0 heterocycles. The normalized spacial score (nSPS) is 12.1. The molecule has 1 rings (SSSR count). The molecule has 0 aliphatic rings. The Kier molecular flexibility index (Phi) is 6.37. The smallest absolute Gasteiger partial charge is 0.241 e. The van der Waals surface area contributed by atoms with Gasteiger partial charge in [-0.15, -0.1) is 0 Å². The van der Waals surface area contributed by atoms with E-state index >= 15 is 0 Å². The molecule has 0 unspecified atom stereocenters. The van der Waals surface area contributed by atoms with Crippen molar-refractivity contribution in [2.24, 2.45) is 11.7 Å². The summed E-state index contributed by atoms with van der Waals surface area (Å²) >= 11 is 0. The van der Waals surface area contributed by atoms with Gasteiger partial charge in [-0.3, -0.25) is 9.59 Å². The highest BCUT2D eigenvalue weighted by Crippen LogP contribution is 2.24. The van der Waals surface area contributed by atoms with Gasteiger partial charge in [0, 0.05) is 17.8 Å². The molecule has 5 nitrogen and oxygen atoms in total. The van der Waals surface area contributed by atoms with E-state index in [2.05, 4.69) is 10.6 Å². The molecule has 0 fully saturated rings. The number of rotatable bonds is 6. The van der Waals surface area contributed by atoms with Crippen molar-refractivity contribution in [2.45, 2.75) is 46.6 Å². The molecular formula is C16H25N3O2. The van der Waals surface area contributed by atoms with Crippen LogP contribution in [-0.4, -0.2) is 17.9 Å². The molecule has 0 radical (unpaired) electrons. The van der Waals surface area contributed by atoms with E-state index in [1.807, 2.05) is 33.8 Å². The summed E-state index contributed by atoms with van der Waals surface area (Å²) in [5.41, 5.74) is 8.04. The summed E-state index contributed by atoms with van der Waals surface area (Å²) < 4.78 is 0. The minimum absolute atomic E-state index is 0.0250. The molecule has 2 amide bonds. The third kappa shape index (κ3) is 4.86. The average Bonchev–Trinajstić information content (AvgIpc) is 2.42. The van der Waals surface area contributed by atoms with E-state index in [0.29, 0.717) is 17.8 Å². The number of amides is 2. The summed E-state index contributed by atoms with van der Waals surface area (Å²) in [5, 5.41) is 5.68. The SMILES string of the molecule is CCCC(=O)Nc1cccc(NC(=O)[C@@H](N)C(C)C)c1C. The number of anilines is 2. The summed E-state index contributed by atoms with van der Waals surface area (Å²) in [6.07, 6.45) is 1.28. The highest BCUT2D eigenvalue weighted by molar-refractivity contribution is 5.97. The quantitative estimate of drug-likeness (QED) is 0.753. The van der Waals surface area contributed by atoms with Crippen LogP contribution >= 0.6 is 0 Å². The first-order chi connectivity index (χ1) is 9.86. The van der Waals surface area contributed by atoms with Gasteiger partial charge in [-0.05, 0) is 37.0 Å². The van der Waals surface area contributed by atoms with Gasteiger partial charge in [0.15, 0.2) is 0 Å². The topological polar surface area (TPSA) is 84.2 Å². The van der Waals surface area contributed by atoms with Gasteiger partial charge in [0.05, 0.1) is 6.04 Å². The predicted octanol–water partition coefficient (Wildman–Crippen LogP) is 2.66. The van der Waals surface area contributed by atoms with Crippen molar-refractivity contribution < 1.29 is 9.59 Å². The molecule has 0 bridgehead atoms. The van der Waals surface area contributed by atoms with E-state index in [-0.39, 0.29) is 17.7 Å². The Morgan fingerprint density at radius 1 is 1.19 bits per heavy atom. The zero-order valence-electron chi connectivity index (χ0n) is 13.2. The Balaban J connectivity index is 2.85. The first-order valence-corrected chi connectivity index (χ1v) is 7.32. The Labute approximate surface area is 126 Å². The second kappa shape index (κ2) is 7.78. The van der Waals surface area contributed by atoms with Gasteiger partial charge < -0.3 is 16.4 Å². The average molecular weight is 291 g/mol. The van der Waals surface area contributed by atoms with Crippen LogP contribution in [0.1, 0.15) is 39.2 Å². The van der Waals surface area contributed by atoms with Gasteiger partial charge in [-0.1, -0.05) is 26.8 Å². The van der Waals surface area contributed by atoms with Crippen molar-refractivity contribution in [2.75, 3.05) is 10.6 Å². The van der Waals surface area contributed by atoms with Gasteiger partial charge in [-0.2, -0.15) is 0 Å². The molecule has 4 N–H and O–H groups in total. The number of hydrogen-bond donors (Lipinski definition) is 3. The van der Waals surface area contributed by atoms with Crippen LogP contribution in [0.25, 0.3) is 0 Å². The minimum Gasteiger partial charge on any atom is -0.326 e. The van der Waals surface area contributed by atoms with Crippen LogP contribution in [0.3, 0.4) is 0 Å². The zero-order valence-corrected chi connectivity index (χ0v) is 13.2. The fraction of sp³-hybridized carbons (Fsp3) is 0.500. The second-order valence-electron chi connectivity index (χ2n) is 5.54. The van der Waals surface area contributed by atoms with Crippen molar-refractivity contribution >= 4 is 23.2 Å². The van der Waals surface area contributed by atoms with E-state index in [4.69, 9.17) is 5.73 Å². The highest BCUT2D eigenvalue weighted by Gasteiger charge is 2.18. The molecule has 0 saturated carbocycles. The predicted molar refractivity (Wildman–Crippen MR) is 86.2 cm³/mol. The molecule has 0 aromatic heterocycles. The van der Waals surface area contributed by atoms with E-state index in [1.165, 1.54) is 0 Å². The fourth-order valence-corrected chi connectivity index (χ4v) is 1.87. The number of benzene rings is 1. The minimum atomic E-state index is -0.553. The van der Waals surface area contributed by atoms with Crippen molar-refractivity contribution in [3.05, 3.63) is 23.8 Å². The maximum absolute atomic E-state index is 12.0. The Morgan fingerprint density at radius 2 is 1.76 bits per heavy atom. The highest BCUT2D eigenvalue weighted by atomic mass is 16.2. The van der Waals surface area contributed by atoms with Gasteiger partial charge in [0.1, 0.15) is 0 Å².